The molecular weight excluding hydrogens is 457 g/mol. The first-order valence-electron chi connectivity index (χ1n) is 12.6. The molecule has 0 radical (unpaired) electrons. The van der Waals surface area contributed by atoms with Gasteiger partial charge in [-0.15, -0.1) is 0 Å². The van der Waals surface area contributed by atoms with Crippen molar-refractivity contribution in [2.24, 2.45) is 0 Å². The monoisotopic (exact) mass is 485 g/mol. The van der Waals surface area contributed by atoms with Gasteiger partial charge in [0.2, 0.25) is 0 Å². The lowest BCUT2D eigenvalue weighted by Crippen LogP contribution is -2.41. The maximum absolute atomic E-state index is 6.23. The van der Waals surface area contributed by atoms with E-state index in [1.54, 1.807) is 0 Å². The number of hydrogen-bond donors (Lipinski definition) is 0. The second-order valence-corrected chi connectivity index (χ2v) is 10.4. The third-order valence-corrected chi connectivity index (χ3v) is 7.39. The number of nitrogens with zero attached hydrogens (tertiary/aromatic N) is 3. The maximum Gasteiger partial charge on any atom is 0.494 e. The zero-order chi connectivity index (χ0) is 25.6. The van der Waals surface area contributed by atoms with Gasteiger partial charge in [-0.3, -0.25) is 0 Å². The smallest absolute Gasteiger partial charge is 0.399 e. The molecule has 6 rings (SSSR count). The lowest BCUT2D eigenvalue weighted by molar-refractivity contribution is 0.00578. The average Bonchev–Trinajstić information content (AvgIpc) is 3.15. The fraction of sp³-hybridized carbons (Fsp3) is 0.194. The second-order valence-electron chi connectivity index (χ2n) is 10.4. The van der Waals surface area contributed by atoms with Crippen LogP contribution >= 0.6 is 0 Å². The molecule has 5 aromatic rings. The molecule has 1 saturated heterocycles. The first-order chi connectivity index (χ1) is 17.8. The van der Waals surface area contributed by atoms with Gasteiger partial charge >= 0.3 is 7.12 Å². The van der Waals surface area contributed by atoms with Crippen molar-refractivity contribution < 1.29 is 9.31 Å². The van der Waals surface area contributed by atoms with Crippen LogP contribution in [0.1, 0.15) is 27.7 Å². The Balaban J connectivity index is 1.44. The highest BCUT2D eigenvalue weighted by atomic mass is 16.7. The van der Waals surface area contributed by atoms with Crippen molar-refractivity contribution in [1.29, 1.82) is 0 Å². The summed E-state index contributed by atoms with van der Waals surface area (Å²) >= 11 is 0. The van der Waals surface area contributed by atoms with Crippen molar-refractivity contribution in [2.45, 2.75) is 38.9 Å². The number of rotatable bonds is 4. The molecule has 0 bridgehead atoms. The molecule has 1 fully saturated rings. The van der Waals surface area contributed by atoms with Crippen LogP contribution in [0.5, 0.6) is 0 Å². The summed E-state index contributed by atoms with van der Waals surface area (Å²) in [5.41, 5.74) is 3.02. The van der Waals surface area contributed by atoms with Gasteiger partial charge in [0, 0.05) is 16.7 Å². The third-order valence-electron chi connectivity index (χ3n) is 7.39. The number of fused-ring (bicyclic) bond motifs is 1. The Bertz CT molecular complexity index is 1560. The molecule has 1 aliphatic heterocycles. The molecule has 4 aromatic carbocycles. The highest BCUT2D eigenvalue weighted by molar-refractivity contribution is 6.62. The zero-order valence-electron chi connectivity index (χ0n) is 21.5. The summed E-state index contributed by atoms with van der Waals surface area (Å²) in [7, 11) is -0.413. The van der Waals surface area contributed by atoms with Gasteiger partial charge in [-0.2, -0.15) is 0 Å². The predicted molar refractivity (Wildman–Crippen MR) is 149 cm³/mol. The van der Waals surface area contributed by atoms with E-state index >= 15 is 0 Å². The van der Waals surface area contributed by atoms with Gasteiger partial charge in [0.05, 0.1) is 11.2 Å². The van der Waals surface area contributed by atoms with Crippen molar-refractivity contribution in [1.82, 2.24) is 15.0 Å². The molecule has 0 spiro atoms. The Morgan fingerprint density at radius 3 is 1.76 bits per heavy atom. The van der Waals surface area contributed by atoms with Crippen LogP contribution in [-0.4, -0.2) is 33.3 Å². The molecule has 5 nitrogen and oxygen atoms in total. The van der Waals surface area contributed by atoms with E-state index in [1.807, 2.05) is 72.8 Å². The van der Waals surface area contributed by atoms with Gasteiger partial charge in [-0.05, 0) is 43.9 Å². The van der Waals surface area contributed by atoms with E-state index < -0.39 is 7.12 Å². The molecule has 0 unspecified atom stereocenters. The standard InChI is InChI=1S/C31H28BN3O2/c1-30(2)31(3,4)37-32(36-30)24-19-17-23(18-20-24)28-33-27(22-12-6-5-7-13-22)34-29(35-28)26-16-10-14-21-11-8-9-15-25(21)26/h5-20H,1-4H3. The molecule has 1 aliphatic rings. The van der Waals surface area contributed by atoms with E-state index in [-0.39, 0.29) is 11.2 Å². The Morgan fingerprint density at radius 2 is 1.08 bits per heavy atom. The van der Waals surface area contributed by atoms with E-state index in [9.17, 15) is 0 Å². The summed E-state index contributed by atoms with van der Waals surface area (Å²) in [6.07, 6.45) is 0. The van der Waals surface area contributed by atoms with Gasteiger partial charge in [0.25, 0.3) is 0 Å². The SMILES string of the molecule is CC1(C)OB(c2ccc(-c3nc(-c4ccccc4)nc(-c4cccc5ccccc45)n3)cc2)OC1(C)C. The van der Waals surface area contributed by atoms with E-state index in [4.69, 9.17) is 24.3 Å². The first-order valence-corrected chi connectivity index (χ1v) is 12.6. The van der Waals surface area contributed by atoms with Crippen LogP contribution in [0.3, 0.4) is 0 Å². The van der Waals surface area contributed by atoms with Crippen LogP contribution in [-0.2, 0) is 9.31 Å². The van der Waals surface area contributed by atoms with E-state index in [2.05, 4.69) is 52.0 Å². The molecule has 6 heteroatoms. The summed E-state index contributed by atoms with van der Waals surface area (Å²) < 4.78 is 12.5. The Kier molecular flexibility index (Phi) is 5.66. The van der Waals surface area contributed by atoms with Gasteiger partial charge in [-0.25, -0.2) is 15.0 Å². The minimum absolute atomic E-state index is 0.386. The molecular formula is C31H28BN3O2. The highest BCUT2D eigenvalue weighted by Gasteiger charge is 2.51. The van der Waals surface area contributed by atoms with Gasteiger partial charge < -0.3 is 9.31 Å². The molecule has 0 N–H and O–H groups in total. The average molecular weight is 485 g/mol. The molecule has 0 atom stereocenters. The lowest BCUT2D eigenvalue weighted by atomic mass is 9.79. The van der Waals surface area contributed by atoms with E-state index in [1.165, 1.54) is 0 Å². The quantitative estimate of drug-likeness (QED) is 0.279. The minimum atomic E-state index is -0.413. The summed E-state index contributed by atoms with van der Waals surface area (Å²) in [6, 6.07) is 32.6. The van der Waals surface area contributed by atoms with Crippen LogP contribution in [0, 0.1) is 0 Å². The van der Waals surface area contributed by atoms with Gasteiger partial charge in [0.1, 0.15) is 0 Å². The number of benzene rings is 4. The maximum atomic E-state index is 6.23. The molecule has 1 aromatic heterocycles. The summed E-state index contributed by atoms with van der Waals surface area (Å²) in [6.45, 7) is 8.25. The molecule has 182 valence electrons. The fourth-order valence-electron chi connectivity index (χ4n) is 4.53. The molecule has 0 aliphatic carbocycles. The first kappa shape index (κ1) is 23.5. The van der Waals surface area contributed by atoms with Crippen molar-refractivity contribution >= 4 is 23.4 Å². The second kappa shape index (κ2) is 8.91. The summed E-state index contributed by atoms with van der Waals surface area (Å²) in [5, 5.41) is 2.26. The van der Waals surface area contributed by atoms with Crippen LogP contribution in [0.4, 0.5) is 0 Å². The van der Waals surface area contributed by atoms with Crippen molar-refractivity contribution in [3.8, 4) is 34.2 Å². The molecule has 0 amide bonds. The molecule has 2 heterocycles. The largest absolute Gasteiger partial charge is 0.494 e. The molecule has 37 heavy (non-hydrogen) atoms. The van der Waals surface area contributed by atoms with Crippen molar-refractivity contribution in [3.05, 3.63) is 97.1 Å². The topological polar surface area (TPSA) is 57.1 Å². The summed E-state index contributed by atoms with van der Waals surface area (Å²) in [4.78, 5) is 14.7. The fourth-order valence-corrected chi connectivity index (χ4v) is 4.53. The number of hydrogen-bond acceptors (Lipinski definition) is 5. The minimum Gasteiger partial charge on any atom is -0.399 e. The zero-order valence-corrected chi connectivity index (χ0v) is 21.5. The predicted octanol–water partition coefficient (Wildman–Crippen LogP) is 6.33. The molecule has 0 saturated carbocycles. The lowest BCUT2D eigenvalue weighted by Gasteiger charge is -2.32. The Morgan fingerprint density at radius 1 is 0.541 bits per heavy atom. The third kappa shape index (κ3) is 4.33. The van der Waals surface area contributed by atoms with E-state index in [0.29, 0.717) is 17.5 Å². The van der Waals surface area contributed by atoms with Crippen molar-refractivity contribution in [2.75, 3.05) is 0 Å². The van der Waals surface area contributed by atoms with Crippen LogP contribution < -0.4 is 5.46 Å². The van der Waals surface area contributed by atoms with Crippen LogP contribution in [0.15, 0.2) is 97.1 Å². The normalized spacial score (nSPS) is 16.3. The van der Waals surface area contributed by atoms with Crippen molar-refractivity contribution in [3.63, 3.8) is 0 Å². The highest BCUT2D eigenvalue weighted by Crippen LogP contribution is 2.36. The van der Waals surface area contributed by atoms with Gasteiger partial charge in [0.15, 0.2) is 17.5 Å². The van der Waals surface area contributed by atoms with Crippen LogP contribution in [0.25, 0.3) is 44.9 Å². The summed E-state index contributed by atoms with van der Waals surface area (Å²) in [5.74, 6) is 1.91. The number of aromatic nitrogens is 3. The van der Waals surface area contributed by atoms with Gasteiger partial charge in [-0.1, -0.05) is 97.1 Å². The van der Waals surface area contributed by atoms with E-state index in [0.717, 1.165) is 32.9 Å². The Labute approximate surface area is 217 Å². The Hall–Kier alpha value is -3.87. The van der Waals surface area contributed by atoms with Crippen LogP contribution in [0.2, 0.25) is 0 Å².